The van der Waals surface area contributed by atoms with Crippen LogP contribution >= 0.6 is 0 Å². The van der Waals surface area contributed by atoms with E-state index < -0.39 is 0 Å². The molecule has 0 unspecified atom stereocenters. The summed E-state index contributed by atoms with van der Waals surface area (Å²) in [6.07, 6.45) is 10.3. The van der Waals surface area contributed by atoms with E-state index in [2.05, 4.69) is 6.92 Å². The van der Waals surface area contributed by atoms with Gasteiger partial charge in [0.05, 0.1) is 6.61 Å². The molecule has 0 radical (unpaired) electrons. The van der Waals surface area contributed by atoms with Gasteiger partial charge in [0.1, 0.15) is 11.3 Å². The van der Waals surface area contributed by atoms with Crippen molar-refractivity contribution >= 4 is 11.0 Å². The minimum Gasteiger partial charge on any atom is -0.493 e. The van der Waals surface area contributed by atoms with E-state index >= 15 is 0 Å². The van der Waals surface area contributed by atoms with Gasteiger partial charge in [0.15, 0.2) is 0 Å². The highest BCUT2D eigenvalue weighted by molar-refractivity contribution is 5.77. The van der Waals surface area contributed by atoms with Gasteiger partial charge in [0, 0.05) is 17.5 Å². The third-order valence-electron chi connectivity index (χ3n) is 3.86. The molecule has 0 spiro atoms. The molecule has 0 aliphatic carbocycles. The first kappa shape index (κ1) is 16.6. The zero-order chi connectivity index (χ0) is 15.6. The number of rotatable bonds is 10. The van der Waals surface area contributed by atoms with Crippen LogP contribution in [0.4, 0.5) is 0 Å². The van der Waals surface area contributed by atoms with Crippen LogP contribution in [0.25, 0.3) is 11.0 Å². The highest BCUT2D eigenvalue weighted by Gasteiger charge is 2.00. The molecule has 22 heavy (non-hydrogen) atoms. The first-order valence-corrected chi connectivity index (χ1v) is 8.46. The summed E-state index contributed by atoms with van der Waals surface area (Å²) in [4.78, 5) is 11.2. The Hall–Kier alpha value is -1.77. The number of hydrogen-bond donors (Lipinski definition) is 0. The minimum atomic E-state index is -0.326. The Morgan fingerprint density at radius 3 is 2.36 bits per heavy atom. The highest BCUT2D eigenvalue weighted by atomic mass is 16.5. The molecule has 0 bridgehead atoms. The van der Waals surface area contributed by atoms with Crippen molar-refractivity contribution in [3.05, 3.63) is 40.8 Å². The van der Waals surface area contributed by atoms with Crippen LogP contribution < -0.4 is 10.4 Å². The average molecular weight is 302 g/mol. The molecule has 0 aliphatic rings. The van der Waals surface area contributed by atoms with Crippen molar-refractivity contribution in [2.45, 2.75) is 58.3 Å². The molecule has 1 heterocycles. The van der Waals surface area contributed by atoms with Gasteiger partial charge < -0.3 is 9.15 Å². The van der Waals surface area contributed by atoms with Crippen LogP contribution in [0, 0.1) is 0 Å². The fourth-order valence-electron chi connectivity index (χ4n) is 2.56. The molecule has 3 nitrogen and oxygen atoms in total. The summed E-state index contributed by atoms with van der Waals surface area (Å²) in [7, 11) is 0. The molecule has 0 N–H and O–H groups in total. The molecule has 0 saturated heterocycles. The Kier molecular flexibility index (Phi) is 7.01. The maximum absolute atomic E-state index is 11.2. The number of benzene rings is 1. The Labute approximate surface area is 132 Å². The van der Waals surface area contributed by atoms with Crippen molar-refractivity contribution in [1.29, 1.82) is 0 Å². The van der Waals surface area contributed by atoms with E-state index in [0.29, 0.717) is 5.58 Å². The summed E-state index contributed by atoms with van der Waals surface area (Å²) in [6.45, 7) is 2.97. The summed E-state index contributed by atoms with van der Waals surface area (Å²) in [5.74, 6) is 0.768. The maximum atomic E-state index is 11.2. The average Bonchev–Trinajstić information content (AvgIpc) is 2.53. The van der Waals surface area contributed by atoms with E-state index in [4.69, 9.17) is 9.15 Å². The molecular formula is C19H26O3. The lowest BCUT2D eigenvalue weighted by Crippen LogP contribution is -1.98. The van der Waals surface area contributed by atoms with E-state index in [-0.39, 0.29) is 5.63 Å². The van der Waals surface area contributed by atoms with Crippen LogP contribution in [-0.4, -0.2) is 6.61 Å². The number of unbranched alkanes of at least 4 members (excludes halogenated alkanes) is 7. The molecule has 0 aliphatic heterocycles. The quantitative estimate of drug-likeness (QED) is 0.441. The second-order valence-corrected chi connectivity index (χ2v) is 5.78. The fourth-order valence-corrected chi connectivity index (χ4v) is 2.56. The Balaban J connectivity index is 1.66. The van der Waals surface area contributed by atoms with Gasteiger partial charge in [0.25, 0.3) is 0 Å². The summed E-state index contributed by atoms with van der Waals surface area (Å²) in [5, 5.41) is 0.916. The first-order chi connectivity index (χ1) is 10.8. The van der Waals surface area contributed by atoms with Crippen LogP contribution in [0.3, 0.4) is 0 Å². The lowest BCUT2D eigenvalue weighted by molar-refractivity contribution is 0.304. The van der Waals surface area contributed by atoms with Gasteiger partial charge in [-0.2, -0.15) is 0 Å². The third-order valence-corrected chi connectivity index (χ3v) is 3.86. The standard InChI is InChI=1S/C19H26O3/c1-2-3-4-5-6-7-8-9-14-21-17-12-10-16-11-13-19(20)22-18(16)15-17/h10-13,15H,2-9,14H2,1H3. The van der Waals surface area contributed by atoms with Crippen LogP contribution in [0.1, 0.15) is 58.3 Å². The summed E-state index contributed by atoms with van der Waals surface area (Å²) < 4.78 is 10.9. The highest BCUT2D eigenvalue weighted by Crippen LogP contribution is 2.19. The van der Waals surface area contributed by atoms with E-state index in [1.165, 1.54) is 51.0 Å². The van der Waals surface area contributed by atoms with Gasteiger partial charge in [-0.05, 0) is 24.6 Å². The van der Waals surface area contributed by atoms with Gasteiger partial charge in [-0.25, -0.2) is 4.79 Å². The largest absolute Gasteiger partial charge is 0.493 e. The molecular weight excluding hydrogens is 276 g/mol. The SMILES string of the molecule is CCCCCCCCCCOc1ccc2ccc(=O)oc2c1. The van der Waals surface area contributed by atoms with Crippen molar-refractivity contribution in [1.82, 2.24) is 0 Å². The predicted molar refractivity (Wildman–Crippen MR) is 90.6 cm³/mol. The van der Waals surface area contributed by atoms with Gasteiger partial charge in [0.2, 0.25) is 0 Å². The zero-order valence-electron chi connectivity index (χ0n) is 13.5. The van der Waals surface area contributed by atoms with Crippen LogP contribution in [0.2, 0.25) is 0 Å². The Morgan fingerprint density at radius 1 is 0.909 bits per heavy atom. The van der Waals surface area contributed by atoms with Crippen LogP contribution in [0.5, 0.6) is 5.75 Å². The molecule has 0 amide bonds. The lowest BCUT2D eigenvalue weighted by atomic mass is 10.1. The second-order valence-electron chi connectivity index (χ2n) is 5.78. The normalized spacial score (nSPS) is 11.0. The van der Waals surface area contributed by atoms with Gasteiger partial charge in [-0.15, -0.1) is 0 Å². The summed E-state index contributed by atoms with van der Waals surface area (Å²) in [5.41, 5.74) is 0.258. The molecule has 2 rings (SSSR count). The van der Waals surface area contributed by atoms with Gasteiger partial charge >= 0.3 is 5.63 Å². The number of hydrogen-bond acceptors (Lipinski definition) is 3. The van der Waals surface area contributed by atoms with Gasteiger partial charge in [-0.1, -0.05) is 51.9 Å². The van der Waals surface area contributed by atoms with E-state index in [9.17, 15) is 4.79 Å². The second kappa shape index (κ2) is 9.29. The first-order valence-electron chi connectivity index (χ1n) is 8.46. The molecule has 1 aromatic heterocycles. The monoisotopic (exact) mass is 302 g/mol. The smallest absolute Gasteiger partial charge is 0.336 e. The number of ether oxygens (including phenoxy) is 1. The third kappa shape index (κ3) is 5.55. The number of fused-ring (bicyclic) bond motifs is 1. The summed E-state index contributed by atoms with van der Waals surface area (Å²) in [6, 6.07) is 8.84. The molecule has 3 heteroatoms. The van der Waals surface area contributed by atoms with E-state index in [1.54, 1.807) is 12.1 Å². The van der Waals surface area contributed by atoms with Crippen molar-refractivity contribution in [3.8, 4) is 5.75 Å². The van der Waals surface area contributed by atoms with Crippen molar-refractivity contribution < 1.29 is 9.15 Å². The minimum absolute atomic E-state index is 0.326. The molecule has 0 saturated carbocycles. The van der Waals surface area contributed by atoms with Crippen molar-refractivity contribution in [2.24, 2.45) is 0 Å². The Morgan fingerprint density at radius 2 is 1.59 bits per heavy atom. The van der Waals surface area contributed by atoms with E-state index in [1.807, 2.05) is 12.1 Å². The van der Waals surface area contributed by atoms with Crippen LogP contribution in [0.15, 0.2) is 39.5 Å². The predicted octanol–water partition coefficient (Wildman–Crippen LogP) is 5.31. The topological polar surface area (TPSA) is 39.4 Å². The molecule has 1 aromatic carbocycles. The Bertz CT molecular complexity index is 615. The lowest BCUT2D eigenvalue weighted by Gasteiger charge is -2.07. The van der Waals surface area contributed by atoms with Crippen molar-refractivity contribution in [2.75, 3.05) is 6.61 Å². The van der Waals surface area contributed by atoms with E-state index in [0.717, 1.165) is 24.2 Å². The molecule has 120 valence electrons. The van der Waals surface area contributed by atoms with Crippen molar-refractivity contribution in [3.63, 3.8) is 0 Å². The maximum Gasteiger partial charge on any atom is 0.336 e. The fraction of sp³-hybridized carbons (Fsp3) is 0.526. The van der Waals surface area contributed by atoms with Gasteiger partial charge in [-0.3, -0.25) is 0 Å². The van der Waals surface area contributed by atoms with Crippen LogP contribution in [-0.2, 0) is 0 Å². The summed E-state index contributed by atoms with van der Waals surface area (Å²) >= 11 is 0. The zero-order valence-corrected chi connectivity index (χ0v) is 13.5. The molecule has 2 aromatic rings. The molecule has 0 fully saturated rings. The molecule has 0 atom stereocenters.